The van der Waals surface area contributed by atoms with Gasteiger partial charge in [-0.05, 0) is 36.1 Å². The number of thiazole rings is 1. The van der Waals surface area contributed by atoms with E-state index in [4.69, 9.17) is 4.74 Å². The summed E-state index contributed by atoms with van der Waals surface area (Å²) in [6, 6.07) is 16.2. The zero-order valence-electron chi connectivity index (χ0n) is 19.1. The number of aliphatic carboxylic acids is 1. The maximum absolute atomic E-state index is 12.5. The molecule has 9 heteroatoms. The molecule has 3 aromatic rings. The van der Waals surface area contributed by atoms with E-state index in [0.29, 0.717) is 10.8 Å². The second-order valence-electron chi connectivity index (χ2n) is 8.59. The number of carbonyl (C=O) groups excluding carboxylic acids is 2. The van der Waals surface area contributed by atoms with Gasteiger partial charge in [-0.2, -0.15) is 0 Å². The quantitative estimate of drug-likeness (QED) is 0.521. The minimum atomic E-state index is -1.34. The molecule has 0 unspecified atom stereocenters. The van der Waals surface area contributed by atoms with Gasteiger partial charge in [0, 0.05) is 18.3 Å². The van der Waals surface area contributed by atoms with Crippen LogP contribution in [0.1, 0.15) is 36.6 Å². The van der Waals surface area contributed by atoms with Gasteiger partial charge in [-0.15, -0.1) is 11.3 Å². The van der Waals surface area contributed by atoms with Crippen molar-refractivity contribution >= 4 is 34.4 Å². The third-order valence-corrected chi connectivity index (χ3v) is 6.98. The van der Waals surface area contributed by atoms with Crippen LogP contribution >= 0.6 is 11.3 Å². The number of carboxylic acid groups (broad SMARTS) is 1. The van der Waals surface area contributed by atoms with Crippen molar-refractivity contribution in [3.05, 3.63) is 70.7 Å². The van der Waals surface area contributed by atoms with Gasteiger partial charge in [-0.3, -0.25) is 10.1 Å². The number of fused-ring (bicyclic) bond motifs is 3. The molecule has 1 aliphatic carbocycles. The first-order valence-corrected chi connectivity index (χ1v) is 11.6. The molecule has 0 saturated heterocycles. The number of nitrogens with zero attached hydrogens (tertiary/aromatic N) is 2. The molecule has 0 atom stereocenters. The third-order valence-electron chi connectivity index (χ3n) is 6.17. The van der Waals surface area contributed by atoms with E-state index in [1.54, 1.807) is 5.38 Å². The van der Waals surface area contributed by atoms with Crippen molar-refractivity contribution in [2.75, 3.05) is 19.0 Å². The minimum Gasteiger partial charge on any atom is -0.480 e. The summed E-state index contributed by atoms with van der Waals surface area (Å²) >= 11 is 1.17. The molecule has 0 bridgehead atoms. The number of likely N-dealkylation sites (N-methyl/N-ethyl adjacent to an activating group) is 1. The fraction of sp³-hybridized carbons (Fsp3) is 0.280. The van der Waals surface area contributed by atoms with Crippen molar-refractivity contribution in [2.24, 2.45) is 0 Å². The first kappa shape index (κ1) is 23.4. The van der Waals surface area contributed by atoms with Crippen LogP contribution in [0.3, 0.4) is 0 Å². The Morgan fingerprint density at radius 2 is 1.68 bits per heavy atom. The van der Waals surface area contributed by atoms with Crippen molar-refractivity contribution in [1.29, 1.82) is 0 Å². The normalized spacial score (nSPS) is 12.6. The molecular weight excluding hydrogens is 454 g/mol. The number of hydrogen-bond donors (Lipinski definition) is 2. The molecule has 0 fully saturated rings. The lowest BCUT2D eigenvalue weighted by atomic mass is 9.98. The molecule has 2 amide bonds. The number of aromatic nitrogens is 1. The molecular formula is C25H25N3O5S. The molecule has 4 rings (SSSR count). The molecule has 0 spiro atoms. The molecule has 0 radical (unpaired) electrons. The lowest BCUT2D eigenvalue weighted by Crippen LogP contribution is -2.51. The van der Waals surface area contributed by atoms with Crippen molar-refractivity contribution in [2.45, 2.75) is 31.7 Å². The Kier molecular flexibility index (Phi) is 6.39. The molecule has 8 nitrogen and oxygen atoms in total. The zero-order chi connectivity index (χ0) is 24.5. The number of carboxylic acids is 1. The van der Waals surface area contributed by atoms with Crippen molar-refractivity contribution in [1.82, 2.24) is 9.88 Å². The van der Waals surface area contributed by atoms with E-state index in [2.05, 4.69) is 22.4 Å². The van der Waals surface area contributed by atoms with E-state index in [9.17, 15) is 19.5 Å². The van der Waals surface area contributed by atoms with Gasteiger partial charge < -0.3 is 14.7 Å². The fourth-order valence-electron chi connectivity index (χ4n) is 3.90. The minimum absolute atomic E-state index is 0.0456. The van der Waals surface area contributed by atoms with Crippen LogP contribution in [-0.2, 0) is 20.7 Å². The third kappa shape index (κ3) is 4.51. The highest BCUT2D eigenvalue weighted by molar-refractivity contribution is 7.13. The predicted octanol–water partition coefficient (Wildman–Crippen LogP) is 4.37. The standard InChI is InChI=1S/C25H25N3O5S/c1-25(2,22(30)31)28(3)21(29)12-15-14-34-23(26-15)27-24(32)33-13-20-18-10-6-4-8-16(18)17-9-5-7-11-19(17)20/h4-11,14,20H,12-13H2,1-3H3,(H,30,31)(H,26,27,32). The molecule has 0 saturated carbocycles. The monoisotopic (exact) mass is 479 g/mol. The van der Waals surface area contributed by atoms with Gasteiger partial charge in [-0.1, -0.05) is 48.5 Å². The van der Waals surface area contributed by atoms with E-state index >= 15 is 0 Å². The number of amides is 2. The number of hydrogen-bond acceptors (Lipinski definition) is 6. The fourth-order valence-corrected chi connectivity index (χ4v) is 4.59. The van der Waals surface area contributed by atoms with Crippen LogP contribution in [0.4, 0.5) is 9.93 Å². The van der Waals surface area contributed by atoms with Crippen LogP contribution in [0.2, 0.25) is 0 Å². The molecule has 1 heterocycles. The SMILES string of the molecule is CN(C(=O)Cc1csc(NC(=O)OCC2c3ccccc3-c3ccccc32)n1)C(C)(C)C(=O)O. The van der Waals surface area contributed by atoms with Crippen molar-refractivity contribution < 1.29 is 24.2 Å². The highest BCUT2D eigenvalue weighted by Crippen LogP contribution is 2.44. The number of nitrogens with one attached hydrogen (secondary N) is 1. The van der Waals surface area contributed by atoms with Gasteiger partial charge >= 0.3 is 12.1 Å². The Balaban J connectivity index is 1.35. The lowest BCUT2D eigenvalue weighted by molar-refractivity contribution is -0.155. The van der Waals surface area contributed by atoms with Crippen molar-refractivity contribution in [3.63, 3.8) is 0 Å². The van der Waals surface area contributed by atoms with Gasteiger partial charge in [0.15, 0.2) is 5.13 Å². The second kappa shape index (κ2) is 9.26. The van der Waals surface area contributed by atoms with Gasteiger partial charge in [0.05, 0.1) is 12.1 Å². The average molecular weight is 480 g/mol. The van der Waals surface area contributed by atoms with Gasteiger partial charge in [0.25, 0.3) is 0 Å². The highest BCUT2D eigenvalue weighted by atomic mass is 32.1. The highest BCUT2D eigenvalue weighted by Gasteiger charge is 2.35. The summed E-state index contributed by atoms with van der Waals surface area (Å²) in [4.78, 5) is 41.7. The van der Waals surface area contributed by atoms with E-state index < -0.39 is 17.6 Å². The molecule has 2 aromatic carbocycles. The second-order valence-corrected chi connectivity index (χ2v) is 9.45. The lowest BCUT2D eigenvalue weighted by Gasteiger charge is -2.31. The molecule has 34 heavy (non-hydrogen) atoms. The number of anilines is 1. The Morgan fingerprint density at radius 1 is 1.09 bits per heavy atom. The summed E-state index contributed by atoms with van der Waals surface area (Å²) in [5.74, 6) is -1.53. The summed E-state index contributed by atoms with van der Waals surface area (Å²) in [6.45, 7) is 3.10. The van der Waals surface area contributed by atoms with E-state index in [-0.39, 0.29) is 24.9 Å². The first-order chi connectivity index (χ1) is 16.2. The topological polar surface area (TPSA) is 109 Å². The molecule has 0 aliphatic heterocycles. The zero-order valence-corrected chi connectivity index (χ0v) is 19.9. The Hall–Kier alpha value is -3.72. The van der Waals surface area contributed by atoms with Crippen molar-refractivity contribution in [3.8, 4) is 11.1 Å². The number of carbonyl (C=O) groups is 3. The molecule has 1 aliphatic rings. The average Bonchev–Trinajstić information content (AvgIpc) is 3.38. The first-order valence-electron chi connectivity index (χ1n) is 10.7. The summed E-state index contributed by atoms with van der Waals surface area (Å²) in [6.07, 6.45) is -0.700. The van der Waals surface area contributed by atoms with E-state index in [0.717, 1.165) is 22.3 Å². The van der Waals surface area contributed by atoms with Crippen LogP contribution in [0.25, 0.3) is 11.1 Å². The maximum Gasteiger partial charge on any atom is 0.413 e. The van der Waals surface area contributed by atoms with Crippen LogP contribution in [0, 0.1) is 0 Å². The summed E-state index contributed by atoms with van der Waals surface area (Å²) < 4.78 is 5.52. The number of benzene rings is 2. The van der Waals surface area contributed by atoms with E-state index in [1.165, 1.54) is 37.1 Å². The van der Waals surface area contributed by atoms with Gasteiger partial charge in [-0.25, -0.2) is 14.6 Å². The smallest absolute Gasteiger partial charge is 0.413 e. The van der Waals surface area contributed by atoms with E-state index in [1.807, 2.05) is 36.4 Å². The van der Waals surface area contributed by atoms with Gasteiger partial charge in [0.2, 0.25) is 5.91 Å². The molecule has 2 N–H and O–H groups in total. The Labute approximate surface area is 201 Å². The van der Waals surface area contributed by atoms with Crippen LogP contribution in [0.5, 0.6) is 0 Å². The van der Waals surface area contributed by atoms with Crippen LogP contribution < -0.4 is 5.32 Å². The summed E-state index contributed by atoms with van der Waals surface area (Å²) in [5.41, 5.74) is 3.65. The Morgan fingerprint density at radius 3 is 2.26 bits per heavy atom. The van der Waals surface area contributed by atoms with Gasteiger partial charge in [0.1, 0.15) is 12.1 Å². The van der Waals surface area contributed by atoms with Crippen LogP contribution in [0.15, 0.2) is 53.9 Å². The Bertz CT molecular complexity index is 1210. The summed E-state index contributed by atoms with van der Waals surface area (Å²) in [7, 11) is 1.44. The molecule has 176 valence electrons. The summed E-state index contributed by atoms with van der Waals surface area (Å²) in [5, 5.41) is 13.9. The number of ether oxygens (including phenoxy) is 1. The van der Waals surface area contributed by atoms with Crippen LogP contribution in [-0.4, -0.2) is 52.2 Å². The maximum atomic E-state index is 12.5. The molecule has 1 aromatic heterocycles. The number of rotatable bonds is 7. The predicted molar refractivity (Wildman–Crippen MR) is 129 cm³/mol. The largest absolute Gasteiger partial charge is 0.480 e.